The zero-order valence-corrected chi connectivity index (χ0v) is 14.4. The molecule has 26 heavy (non-hydrogen) atoms. The first kappa shape index (κ1) is 17.7. The van der Waals surface area contributed by atoms with Gasteiger partial charge >= 0.3 is 5.97 Å². The SMILES string of the molecule is CCOC(=O)CCCNC(=O)Cn1cnc2c(oc3ccccc32)c1=O. The van der Waals surface area contributed by atoms with Crippen molar-refractivity contribution in [2.45, 2.75) is 26.3 Å². The number of carbonyl (C=O) groups is 2. The molecule has 136 valence electrons. The Labute approximate surface area is 148 Å². The minimum absolute atomic E-state index is 0.129. The summed E-state index contributed by atoms with van der Waals surface area (Å²) in [7, 11) is 0. The molecule has 0 atom stereocenters. The van der Waals surface area contributed by atoms with Crippen molar-refractivity contribution in [1.82, 2.24) is 14.9 Å². The first-order valence-corrected chi connectivity index (χ1v) is 8.39. The predicted octanol–water partition coefficient (Wildman–Crippen LogP) is 1.60. The summed E-state index contributed by atoms with van der Waals surface area (Å²) in [6.07, 6.45) is 2.05. The van der Waals surface area contributed by atoms with Gasteiger partial charge in [0.2, 0.25) is 11.5 Å². The number of amides is 1. The van der Waals surface area contributed by atoms with Crippen molar-refractivity contribution in [3.8, 4) is 0 Å². The number of nitrogens with one attached hydrogen (secondary N) is 1. The monoisotopic (exact) mass is 357 g/mol. The average Bonchev–Trinajstić information content (AvgIpc) is 3.01. The van der Waals surface area contributed by atoms with E-state index in [-0.39, 0.29) is 30.4 Å². The summed E-state index contributed by atoms with van der Waals surface area (Å²) in [5.41, 5.74) is 0.779. The number of hydrogen-bond donors (Lipinski definition) is 1. The summed E-state index contributed by atoms with van der Waals surface area (Å²) >= 11 is 0. The second-order valence-corrected chi connectivity index (χ2v) is 5.71. The Hall–Kier alpha value is -3.16. The summed E-state index contributed by atoms with van der Waals surface area (Å²) in [4.78, 5) is 40.0. The fourth-order valence-electron chi connectivity index (χ4n) is 2.63. The maximum absolute atomic E-state index is 12.5. The third kappa shape index (κ3) is 3.74. The van der Waals surface area contributed by atoms with Crippen LogP contribution in [0.4, 0.5) is 0 Å². The van der Waals surface area contributed by atoms with Gasteiger partial charge in [0.25, 0.3) is 5.56 Å². The smallest absolute Gasteiger partial charge is 0.305 e. The van der Waals surface area contributed by atoms with Crippen LogP contribution in [0.15, 0.2) is 39.8 Å². The van der Waals surface area contributed by atoms with Gasteiger partial charge in [-0.2, -0.15) is 0 Å². The quantitative estimate of drug-likeness (QED) is 0.509. The predicted molar refractivity (Wildman–Crippen MR) is 94.7 cm³/mol. The van der Waals surface area contributed by atoms with Crippen molar-refractivity contribution in [3.63, 3.8) is 0 Å². The second-order valence-electron chi connectivity index (χ2n) is 5.71. The molecule has 0 saturated heterocycles. The minimum atomic E-state index is -0.409. The van der Waals surface area contributed by atoms with Gasteiger partial charge in [0.1, 0.15) is 17.6 Å². The highest BCUT2D eigenvalue weighted by atomic mass is 16.5. The van der Waals surface area contributed by atoms with Gasteiger partial charge in [0.05, 0.1) is 12.9 Å². The highest BCUT2D eigenvalue weighted by Crippen LogP contribution is 2.23. The molecule has 0 aliphatic rings. The van der Waals surface area contributed by atoms with Gasteiger partial charge in [0, 0.05) is 18.4 Å². The van der Waals surface area contributed by atoms with Gasteiger partial charge in [-0.3, -0.25) is 19.0 Å². The van der Waals surface area contributed by atoms with E-state index in [4.69, 9.17) is 9.15 Å². The Bertz CT molecular complexity index is 1000. The molecule has 0 bridgehead atoms. The molecule has 1 amide bonds. The van der Waals surface area contributed by atoms with Crippen molar-refractivity contribution in [2.24, 2.45) is 0 Å². The molecule has 0 spiro atoms. The minimum Gasteiger partial charge on any atom is -0.466 e. The van der Waals surface area contributed by atoms with Crippen LogP contribution in [0, 0.1) is 0 Å². The first-order chi connectivity index (χ1) is 12.6. The standard InChI is InChI=1S/C18H19N3O5/c1-2-25-15(23)8-5-9-19-14(22)10-21-11-20-16-12-6-3-4-7-13(12)26-17(16)18(21)24/h3-4,6-7,11H,2,5,8-10H2,1H3,(H,19,22). The molecule has 0 saturated carbocycles. The van der Waals surface area contributed by atoms with Crippen LogP contribution in [0.5, 0.6) is 0 Å². The number of ether oxygens (including phenoxy) is 1. The largest absolute Gasteiger partial charge is 0.466 e. The molecule has 0 fully saturated rings. The zero-order chi connectivity index (χ0) is 18.5. The molecular formula is C18H19N3O5. The molecule has 2 heterocycles. The van der Waals surface area contributed by atoms with Crippen molar-refractivity contribution < 1.29 is 18.7 Å². The lowest BCUT2D eigenvalue weighted by molar-refractivity contribution is -0.143. The lowest BCUT2D eigenvalue weighted by atomic mass is 10.2. The van der Waals surface area contributed by atoms with Crippen LogP contribution in [0.2, 0.25) is 0 Å². The summed E-state index contributed by atoms with van der Waals surface area (Å²) < 4.78 is 11.6. The van der Waals surface area contributed by atoms with E-state index in [1.807, 2.05) is 18.2 Å². The maximum Gasteiger partial charge on any atom is 0.305 e. The van der Waals surface area contributed by atoms with Gasteiger partial charge in [-0.15, -0.1) is 0 Å². The Kier molecular flexibility index (Phi) is 5.31. The summed E-state index contributed by atoms with van der Waals surface area (Å²) in [5, 5.41) is 3.43. The van der Waals surface area contributed by atoms with Gasteiger partial charge in [-0.25, -0.2) is 4.98 Å². The van der Waals surface area contributed by atoms with Crippen LogP contribution in [0.25, 0.3) is 22.1 Å². The van der Waals surface area contributed by atoms with Crippen molar-refractivity contribution >= 4 is 33.9 Å². The Balaban J connectivity index is 1.64. The second kappa shape index (κ2) is 7.81. The molecular weight excluding hydrogens is 338 g/mol. The molecule has 3 rings (SSSR count). The van der Waals surface area contributed by atoms with Crippen LogP contribution in [0.3, 0.4) is 0 Å². The van der Waals surface area contributed by atoms with Gasteiger partial charge in [0.15, 0.2) is 0 Å². The van der Waals surface area contributed by atoms with E-state index < -0.39 is 5.56 Å². The van der Waals surface area contributed by atoms with Crippen LogP contribution in [-0.2, 0) is 20.9 Å². The van der Waals surface area contributed by atoms with Crippen molar-refractivity contribution in [1.29, 1.82) is 0 Å². The summed E-state index contributed by atoms with van der Waals surface area (Å²) in [6.45, 7) is 2.24. The lowest BCUT2D eigenvalue weighted by Crippen LogP contribution is -2.33. The van der Waals surface area contributed by atoms with E-state index in [1.54, 1.807) is 13.0 Å². The Morgan fingerprint density at radius 3 is 2.92 bits per heavy atom. The average molecular weight is 357 g/mol. The Morgan fingerprint density at radius 2 is 2.12 bits per heavy atom. The topological polar surface area (TPSA) is 103 Å². The molecule has 2 aromatic heterocycles. The molecule has 1 N–H and O–H groups in total. The van der Waals surface area contributed by atoms with Crippen molar-refractivity contribution in [2.75, 3.05) is 13.2 Å². The molecule has 0 aliphatic carbocycles. The highest BCUT2D eigenvalue weighted by Gasteiger charge is 2.14. The number of furan rings is 1. The molecule has 0 aliphatic heterocycles. The number of rotatable bonds is 7. The van der Waals surface area contributed by atoms with E-state index in [9.17, 15) is 14.4 Å². The van der Waals surface area contributed by atoms with Crippen molar-refractivity contribution in [3.05, 3.63) is 40.9 Å². The fourth-order valence-corrected chi connectivity index (χ4v) is 2.63. The van der Waals surface area contributed by atoms with Gasteiger partial charge in [-0.05, 0) is 25.5 Å². The number of fused-ring (bicyclic) bond motifs is 3. The van der Waals surface area contributed by atoms with E-state index in [1.165, 1.54) is 10.9 Å². The van der Waals surface area contributed by atoms with E-state index in [2.05, 4.69) is 10.3 Å². The number of benzene rings is 1. The Morgan fingerprint density at radius 1 is 1.31 bits per heavy atom. The number of nitrogens with zero attached hydrogens (tertiary/aromatic N) is 2. The van der Waals surface area contributed by atoms with E-state index in [0.717, 1.165) is 5.39 Å². The molecule has 8 heteroatoms. The van der Waals surface area contributed by atoms with Gasteiger partial charge in [-0.1, -0.05) is 12.1 Å². The molecule has 8 nitrogen and oxygen atoms in total. The van der Waals surface area contributed by atoms with Crippen LogP contribution in [0.1, 0.15) is 19.8 Å². The first-order valence-electron chi connectivity index (χ1n) is 8.39. The van der Waals surface area contributed by atoms with E-state index >= 15 is 0 Å². The van der Waals surface area contributed by atoms with Gasteiger partial charge < -0.3 is 14.5 Å². The summed E-state index contributed by atoms with van der Waals surface area (Å²) in [5.74, 6) is -0.634. The normalized spacial score (nSPS) is 11.0. The zero-order valence-electron chi connectivity index (χ0n) is 14.4. The molecule has 0 radical (unpaired) electrons. The fraction of sp³-hybridized carbons (Fsp3) is 0.333. The number of carbonyl (C=O) groups excluding carboxylic acids is 2. The number of para-hydroxylation sites is 1. The number of hydrogen-bond acceptors (Lipinski definition) is 6. The number of aromatic nitrogens is 2. The highest BCUT2D eigenvalue weighted by molar-refractivity contribution is 6.01. The third-order valence-electron chi connectivity index (χ3n) is 3.85. The molecule has 0 unspecified atom stereocenters. The van der Waals surface area contributed by atoms with Crippen LogP contribution < -0.4 is 10.9 Å². The maximum atomic E-state index is 12.5. The van der Waals surface area contributed by atoms with E-state index in [0.29, 0.717) is 30.7 Å². The third-order valence-corrected chi connectivity index (χ3v) is 3.85. The number of esters is 1. The molecule has 3 aromatic rings. The summed E-state index contributed by atoms with van der Waals surface area (Å²) in [6, 6.07) is 7.24. The van der Waals surface area contributed by atoms with Crippen LogP contribution >= 0.6 is 0 Å². The molecule has 1 aromatic carbocycles. The van der Waals surface area contributed by atoms with Crippen LogP contribution in [-0.4, -0.2) is 34.6 Å². The lowest BCUT2D eigenvalue weighted by Gasteiger charge is -2.07.